The second kappa shape index (κ2) is 9.59. The molecule has 1 heterocycles. The Labute approximate surface area is 174 Å². The molecule has 0 radical (unpaired) electrons. The van der Waals surface area contributed by atoms with Crippen molar-refractivity contribution in [3.05, 3.63) is 48.0 Å². The summed E-state index contributed by atoms with van der Waals surface area (Å²) < 4.78 is 56.5. The number of benzene rings is 2. The van der Waals surface area contributed by atoms with E-state index >= 15 is 0 Å². The fourth-order valence-electron chi connectivity index (χ4n) is 3.16. The third-order valence-corrected chi connectivity index (χ3v) is 4.76. The van der Waals surface area contributed by atoms with E-state index in [1.807, 2.05) is 25.3 Å². The van der Waals surface area contributed by atoms with Gasteiger partial charge in [0.25, 0.3) is 0 Å². The van der Waals surface area contributed by atoms with Crippen LogP contribution >= 0.6 is 0 Å². The van der Waals surface area contributed by atoms with Crippen LogP contribution in [0.4, 0.5) is 14.5 Å². The topological polar surface area (TPSA) is 84.1 Å². The first-order chi connectivity index (χ1) is 14.2. The van der Waals surface area contributed by atoms with Gasteiger partial charge in [0.2, 0.25) is 10.0 Å². The first-order valence-electron chi connectivity index (χ1n) is 9.33. The molecule has 0 bridgehead atoms. The summed E-state index contributed by atoms with van der Waals surface area (Å²) in [4.78, 5) is 0. The molecule has 0 saturated heterocycles. The lowest BCUT2D eigenvalue weighted by atomic mass is 10.1. The van der Waals surface area contributed by atoms with E-state index in [1.165, 1.54) is 12.1 Å². The highest BCUT2D eigenvalue weighted by molar-refractivity contribution is 7.92. The number of aryl methyl sites for hydroxylation is 1. The molecule has 0 aliphatic rings. The van der Waals surface area contributed by atoms with E-state index in [0.29, 0.717) is 40.0 Å². The number of fused-ring (bicyclic) bond motifs is 1. The normalized spacial score (nSPS) is 11.0. The molecule has 0 saturated carbocycles. The molecule has 0 spiro atoms. The summed E-state index contributed by atoms with van der Waals surface area (Å²) in [7, 11) is -3.40. The zero-order valence-corrected chi connectivity index (χ0v) is 17.9. The lowest BCUT2D eigenvalue weighted by Gasteiger charge is -2.10. The van der Waals surface area contributed by atoms with Crippen molar-refractivity contribution in [3.63, 3.8) is 0 Å². The van der Waals surface area contributed by atoms with Crippen LogP contribution in [0.5, 0.6) is 5.75 Å². The highest BCUT2D eigenvalue weighted by atomic mass is 32.2. The van der Waals surface area contributed by atoms with Gasteiger partial charge in [0.05, 0.1) is 23.0 Å². The first kappa shape index (κ1) is 23.2. The van der Waals surface area contributed by atoms with Crippen LogP contribution in [-0.4, -0.2) is 25.9 Å². The summed E-state index contributed by atoms with van der Waals surface area (Å²) >= 11 is 0. The SMILES string of the molecule is CC.CCn1c(-c2ccc(NS(C)(=O)=O)cc2)c(C#N)c2ccc(OC(F)F)cc21. The molecule has 0 amide bonds. The van der Waals surface area contributed by atoms with Gasteiger partial charge in [0, 0.05) is 23.7 Å². The number of anilines is 1. The van der Waals surface area contributed by atoms with E-state index in [9.17, 15) is 22.5 Å². The number of nitrogens with one attached hydrogen (secondary N) is 1. The van der Waals surface area contributed by atoms with Crippen molar-refractivity contribution in [3.8, 4) is 23.1 Å². The maximum atomic E-state index is 12.5. The van der Waals surface area contributed by atoms with Gasteiger partial charge in [0.15, 0.2) is 0 Å². The molecule has 0 aliphatic heterocycles. The van der Waals surface area contributed by atoms with Gasteiger partial charge in [-0.05, 0) is 36.8 Å². The zero-order valence-electron chi connectivity index (χ0n) is 17.1. The predicted octanol–water partition coefficient (Wildman–Crippen LogP) is 5.20. The molecule has 9 heteroatoms. The molecular formula is C21H23F2N3O3S. The minimum atomic E-state index is -3.40. The maximum absolute atomic E-state index is 12.5. The number of halogens is 2. The lowest BCUT2D eigenvalue weighted by Crippen LogP contribution is -2.09. The van der Waals surface area contributed by atoms with E-state index in [-0.39, 0.29) is 5.75 Å². The van der Waals surface area contributed by atoms with Crippen molar-refractivity contribution in [1.82, 2.24) is 4.57 Å². The highest BCUT2D eigenvalue weighted by Gasteiger charge is 2.19. The largest absolute Gasteiger partial charge is 0.435 e. The Morgan fingerprint density at radius 1 is 1.17 bits per heavy atom. The van der Waals surface area contributed by atoms with Gasteiger partial charge in [-0.15, -0.1) is 0 Å². The molecule has 6 nitrogen and oxygen atoms in total. The van der Waals surface area contributed by atoms with Crippen LogP contribution in [-0.2, 0) is 16.6 Å². The van der Waals surface area contributed by atoms with Gasteiger partial charge in [-0.1, -0.05) is 26.0 Å². The van der Waals surface area contributed by atoms with Crippen molar-refractivity contribution in [2.45, 2.75) is 33.9 Å². The quantitative estimate of drug-likeness (QED) is 0.577. The number of ether oxygens (including phenoxy) is 1. The number of hydrogen-bond donors (Lipinski definition) is 1. The monoisotopic (exact) mass is 435 g/mol. The molecule has 0 fully saturated rings. The summed E-state index contributed by atoms with van der Waals surface area (Å²) in [5.74, 6) is 0.0124. The van der Waals surface area contributed by atoms with Crippen LogP contribution in [0.15, 0.2) is 42.5 Å². The van der Waals surface area contributed by atoms with Gasteiger partial charge in [-0.25, -0.2) is 8.42 Å². The molecule has 2 aromatic carbocycles. The lowest BCUT2D eigenvalue weighted by molar-refractivity contribution is -0.0497. The van der Waals surface area contributed by atoms with Crippen molar-refractivity contribution in [2.24, 2.45) is 0 Å². The van der Waals surface area contributed by atoms with Gasteiger partial charge >= 0.3 is 6.61 Å². The number of rotatable bonds is 6. The average Bonchev–Trinajstić information content (AvgIpc) is 3.01. The summed E-state index contributed by atoms with van der Waals surface area (Å²) in [6.45, 7) is 3.44. The van der Waals surface area contributed by atoms with Crippen molar-refractivity contribution < 1.29 is 21.9 Å². The third-order valence-electron chi connectivity index (χ3n) is 4.15. The van der Waals surface area contributed by atoms with E-state index in [4.69, 9.17) is 0 Å². The fraction of sp³-hybridized carbons (Fsp3) is 0.286. The molecule has 0 atom stereocenters. The Kier molecular flexibility index (Phi) is 7.40. The summed E-state index contributed by atoms with van der Waals surface area (Å²) in [6, 6.07) is 13.2. The van der Waals surface area contributed by atoms with Crippen molar-refractivity contribution in [2.75, 3.05) is 11.0 Å². The molecule has 0 unspecified atom stereocenters. The average molecular weight is 435 g/mol. The van der Waals surface area contributed by atoms with Gasteiger partial charge in [-0.2, -0.15) is 14.0 Å². The van der Waals surface area contributed by atoms with Crippen LogP contribution in [0.25, 0.3) is 22.2 Å². The maximum Gasteiger partial charge on any atom is 0.387 e. The Balaban J connectivity index is 0.00000155. The molecule has 3 aromatic rings. The number of hydrogen-bond acceptors (Lipinski definition) is 4. The molecular weight excluding hydrogens is 412 g/mol. The summed E-state index contributed by atoms with van der Waals surface area (Å²) in [5, 5.41) is 10.3. The van der Waals surface area contributed by atoms with Gasteiger partial charge in [-0.3, -0.25) is 4.72 Å². The number of nitrogens with zero attached hydrogens (tertiary/aromatic N) is 2. The Morgan fingerprint density at radius 3 is 2.30 bits per heavy atom. The van der Waals surface area contributed by atoms with Gasteiger partial charge < -0.3 is 9.30 Å². The highest BCUT2D eigenvalue weighted by Crippen LogP contribution is 2.36. The number of alkyl halides is 2. The number of nitriles is 1. The molecule has 30 heavy (non-hydrogen) atoms. The van der Waals surface area contributed by atoms with E-state index < -0.39 is 16.6 Å². The zero-order chi connectivity index (χ0) is 22.5. The van der Waals surface area contributed by atoms with Crippen LogP contribution in [0.1, 0.15) is 26.3 Å². The van der Waals surface area contributed by atoms with Crippen LogP contribution < -0.4 is 9.46 Å². The molecule has 3 rings (SSSR count). The number of sulfonamides is 1. The Hall–Kier alpha value is -3.12. The van der Waals surface area contributed by atoms with Crippen molar-refractivity contribution >= 4 is 26.6 Å². The molecule has 160 valence electrons. The van der Waals surface area contributed by atoms with Crippen LogP contribution in [0.2, 0.25) is 0 Å². The Bertz CT molecular complexity index is 1160. The summed E-state index contributed by atoms with van der Waals surface area (Å²) in [6.07, 6.45) is 1.06. The van der Waals surface area contributed by atoms with Gasteiger partial charge in [0.1, 0.15) is 11.8 Å². The smallest absolute Gasteiger partial charge is 0.387 e. The van der Waals surface area contributed by atoms with E-state index in [1.54, 1.807) is 30.3 Å². The molecule has 1 N–H and O–H groups in total. The van der Waals surface area contributed by atoms with Crippen LogP contribution in [0, 0.1) is 11.3 Å². The minimum Gasteiger partial charge on any atom is -0.435 e. The minimum absolute atomic E-state index is 0.0124. The third kappa shape index (κ3) is 5.07. The predicted molar refractivity (Wildman–Crippen MR) is 114 cm³/mol. The standard InChI is InChI=1S/C19H17F2N3O3S.C2H6/c1-3-24-17-10-14(27-19(20)21)8-9-15(17)16(11-22)18(24)12-4-6-13(7-5-12)23-28(2,25)26;1-2/h4-10,19,23H,3H2,1-2H3;1-2H3. The molecule has 1 aromatic heterocycles. The van der Waals surface area contributed by atoms with E-state index in [2.05, 4.69) is 15.5 Å². The van der Waals surface area contributed by atoms with Crippen molar-refractivity contribution in [1.29, 1.82) is 5.26 Å². The number of aromatic nitrogens is 1. The fourth-order valence-corrected chi connectivity index (χ4v) is 3.72. The summed E-state index contributed by atoms with van der Waals surface area (Å²) in [5.41, 5.74) is 2.73. The van der Waals surface area contributed by atoms with Crippen LogP contribution in [0.3, 0.4) is 0 Å². The Morgan fingerprint density at radius 2 is 1.80 bits per heavy atom. The second-order valence-corrected chi connectivity index (χ2v) is 7.84. The first-order valence-corrected chi connectivity index (χ1v) is 11.2. The van der Waals surface area contributed by atoms with E-state index in [0.717, 1.165) is 6.26 Å². The second-order valence-electron chi connectivity index (χ2n) is 6.09. The molecule has 0 aliphatic carbocycles.